The minimum Gasteiger partial charge on any atom is -0.151 e. The van der Waals surface area contributed by atoms with Gasteiger partial charge >= 0.3 is 6.12 Å². The third-order valence-electron chi connectivity index (χ3n) is 1.57. The zero-order valence-electron chi connectivity index (χ0n) is 7.04. The van der Waals surface area contributed by atoms with Gasteiger partial charge in [0.05, 0.1) is 0 Å². The van der Waals surface area contributed by atoms with Gasteiger partial charge in [0, 0.05) is 14.1 Å². The van der Waals surface area contributed by atoms with E-state index < -0.39 is 6.12 Å². The SMILES string of the molecule is CN(C)[P+](Cl)(Cl)c1ccccc1. The van der Waals surface area contributed by atoms with E-state index in [-0.39, 0.29) is 0 Å². The van der Waals surface area contributed by atoms with E-state index in [0.29, 0.717) is 0 Å². The summed E-state index contributed by atoms with van der Waals surface area (Å²) in [5.74, 6) is 0. The molecule has 0 aromatic heterocycles. The molecule has 0 spiro atoms. The van der Waals surface area contributed by atoms with Gasteiger partial charge in [-0.05, 0) is 12.1 Å². The predicted octanol–water partition coefficient (Wildman–Crippen LogP) is 3.11. The molecule has 0 unspecified atom stereocenters. The van der Waals surface area contributed by atoms with Crippen molar-refractivity contribution in [2.24, 2.45) is 0 Å². The molecule has 0 heterocycles. The van der Waals surface area contributed by atoms with Gasteiger partial charge in [0.1, 0.15) is 27.8 Å². The highest BCUT2D eigenvalue weighted by Gasteiger charge is 2.41. The molecular weight excluding hydrogens is 212 g/mol. The molecular formula is C8H11Cl2NP+. The molecule has 1 aromatic carbocycles. The fraction of sp³-hybridized carbons (Fsp3) is 0.250. The fourth-order valence-corrected chi connectivity index (χ4v) is 2.51. The van der Waals surface area contributed by atoms with E-state index in [2.05, 4.69) is 0 Å². The van der Waals surface area contributed by atoms with E-state index in [9.17, 15) is 0 Å². The molecule has 0 aliphatic rings. The fourth-order valence-electron chi connectivity index (χ4n) is 0.838. The van der Waals surface area contributed by atoms with Gasteiger partial charge in [0.2, 0.25) is 0 Å². The van der Waals surface area contributed by atoms with E-state index in [1.54, 1.807) is 0 Å². The molecule has 4 heteroatoms. The minimum atomic E-state index is -2.09. The molecule has 1 nitrogen and oxygen atoms in total. The summed E-state index contributed by atoms with van der Waals surface area (Å²) in [6, 6.07) is 9.74. The van der Waals surface area contributed by atoms with Gasteiger partial charge in [-0.15, -0.1) is 0 Å². The molecule has 0 atom stereocenters. The average Bonchev–Trinajstić information content (AvgIpc) is 2.06. The summed E-state index contributed by atoms with van der Waals surface area (Å²) in [5, 5.41) is 0.998. The quantitative estimate of drug-likeness (QED) is 0.696. The first-order valence-corrected chi connectivity index (χ1v) is 7.12. The second-order valence-electron chi connectivity index (χ2n) is 2.67. The van der Waals surface area contributed by atoms with Crippen molar-refractivity contribution in [1.82, 2.24) is 4.67 Å². The summed E-state index contributed by atoms with van der Waals surface area (Å²) >= 11 is 12.4. The smallest absolute Gasteiger partial charge is 0.151 e. The first-order valence-electron chi connectivity index (χ1n) is 3.57. The third-order valence-corrected chi connectivity index (χ3v) is 6.48. The van der Waals surface area contributed by atoms with Gasteiger partial charge in [0.25, 0.3) is 0 Å². The van der Waals surface area contributed by atoms with Gasteiger partial charge in [-0.3, -0.25) is 0 Å². The highest BCUT2D eigenvalue weighted by atomic mass is 35.9. The number of benzene rings is 1. The highest BCUT2D eigenvalue weighted by Crippen LogP contribution is 2.68. The Morgan fingerprint density at radius 2 is 1.58 bits per heavy atom. The van der Waals surface area contributed by atoms with Crippen molar-refractivity contribution in [1.29, 1.82) is 0 Å². The van der Waals surface area contributed by atoms with Gasteiger partial charge in [-0.25, -0.2) is 0 Å². The standard InChI is InChI=1S/C8H11Cl2NP/c1-11(2)12(9,10)8-6-4-3-5-7-8/h3-7H,1-2H3/q+1. The lowest BCUT2D eigenvalue weighted by Gasteiger charge is -2.15. The molecule has 0 saturated heterocycles. The van der Waals surface area contributed by atoms with Crippen molar-refractivity contribution in [2.75, 3.05) is 14.1 Å². The van der Waals surface area contributed by atoms with Crippen LogP contribution in [0.1, 0.15) is 0 Å². The van der Waals surface area contributed by atoms with Gasteiger partial charge in [-0.2, -0.15) is 4.67 Å². The highest BCUT2D eigenvalue weighted by molar-refractivity contribution is 8.20. The predicted molar refractivity (Wildman–Crippen MR) is 58.4 cm³/mol. The summed E-state index contributed by atoms with van der Waals surface area (Å²) in [4.78, 5) is 0. The molecule has 0 aliphatic carbocycles. The maximum absolute atomic E-state index is 6.20. The van der Waals surface area contributed by atoms with Crippen LogP contribution in [0.2, 0.25) is 0 Å². The van der Waals surface area contributed by atoms with Crippen LogP contribution < -0.4 is 5.30 Å². The van der Waals surface area contributed by atoms with Crippen molar-refractivity contribution in [3.8, 4) is 0 Å². The van der Waals surface area contributed by atoms with E-state index in [0.717, 1.165) is 5.30 Å². The van der Waals surface area contributed by atoms with Crippen molar-refractivity contribution >= 4 is 33.9 Å². The minimum absolute atomic E-state index is 0.998. The van der Waals surface area contributed by atoms with Gasteiger partial charge in [-0.1, -0.05) is 18.2 Å². The molecule has 0 fully saturated rings. The van der Waals surface area contributed by atoms with E-state index in [4.69, 9.17) is 22.5 Å². The van der Waals surface area contributed by atoms with Crippen LogP contribution in [0.25, 0.3) is 0 Å². The molecule has 12 heavy (non-hydrogen) atoms. The second-order valence-corrected chi connectivity index (χ2v) is 8.41. The second kappa shape index (κ2) is 3.93. The molecule has 1 aromatic rings. The Morgan fingerprint density at radius 3 is 2.00 bits per heavy atom. The van der Waals surface area contributed by atoms with Crippen LogP contribution >= 0.6 is 28.6 Å². The summed E-state index contributed by atoms with van der Waals surface area (Å²) in [7, 11) is 3.78. The zero-order chi connectivity index (χ0) is 9.19. The van der Waals surface area contributed by atoms with E-state index in [1.165, 1.54) is 0 Å². The molecule has 1 rings (SSSR count). The Bertz CT molecular complexity index is 248. The summed E-state index contributed by atoms with van der Waals surface area (Å²) in [5.41, 5.74) is 0. The number of hydrogen-bond acceptors (Lipinski definition) is 1. The van der Waals surface area contributed by atoms with Crippen LogP contribution in [0.3, 0.4) is 0 Å². The Balaban J connectivity index is 2.98. The Hall–Kier alpha value is 0.190. The molecule has 0 N–H and O–H groups in total. The largest absolute Gasteiger partial charge is 0.313 e. The first kappa shape index (κ1) is 10.3. The maximum atomic E-state index is 6.20. The number of halogens is 2. The lowest BCUT2D eigenvalue weighted by molar-refractivity contribution is 0.689. The number of hydrogen-bond donors (Lipinski definition) is 0. The average molecular weight is 223 g/mol. The topological polar surface area (TPSA) is 3.24 Å². The lowest BCUT2D eigenvalue weighted by Crippen LogP contribution is -2.16. The first-order chi connectivity index (χ1) is 5.55. The van der Waals surface area contributed by atoms with E-state index >= 15 is 0 Å². The van der Waals surface area contributed by atoms with Crippen molar-refractivity contribution in [3.05, 3.63) is 30.3 Å². The van der Waals surface area contributed by atoms with Crippen LogP contribution in [0, 0.1) is 0 Å². The monoisotopic (exact) mass is 222 g/mol. The third kappa shape index (κ3) is 2.11. The van der Waals surface area contributed by atoms with Gasteiger partial charge < -0.3 is 0 Å². The van der Waals surface area contributed by atoms with Crippen molar-refractivity contribution < 1.29 is 0 Å². The van der Waals surface area contributed by atoms with Crippen LogP contribution in [0.15, 0.2) is 30.3 Å². The van der Waals surface area contributed by atoms with Crippen LogP contribution in [0.4, 0.5) is 0 Å². The van der Waals surface area contributed by atoms with Crippen LogP contribution in [0.5, 0.6) is 0 Å². The lowest BCUT2D eigenvalue weighted by atomic mass is 10.4. The zero-order valence-corrected chi connectivity index (χ0v) is 9.44. The Kier molecular flexibility index (Phi) is 3.37. The van der Waals surface area contributed by atoms with E-state index in [1.807, 2.05) is 49.1 Å². The summed E-state index contributed by atoms with van der Waals surface area (Å²) in [6.45, 7) is 0. The number of rotatable bonds is 2. The maximum Gasteiger partial charge on any atom is 0.313 e. The molecule has 66 valence electrons. The summed E-state index contributed by atoms with van der Waals surface area (Å²) in [6.07, 6.45) is -2.09. The Labute approximate surface area is 83.3 Å². The number of nitrogens with zero attached hydrogens (tertiary/aromatic N) is 1. The molecule has 0 saturated carbocycles. The van der Waals surface area contributed by atoms with Crippen molar-refractivity contribution in [3.63, 3.8) is 0 Å². The summed E-state index contributed by atoms with van der Waals surface area (Å²) < 4.78 is 1.87. The van der Waals surface area contributed by atoms with Gasteiger partial charge in [0.15, 0.2) is 0 Å². The van der Waals surface area contributed by atoms with Crippen LogP contribution in [-0.2, 0) is 0 Å². The molecule has 0 aliphatic heterocycles. The normalized spacial score (nSPS) is 12.1. The van der Waals surface area contributed by atoms with Crippen molar-refractivity contribution in [2.45, 2.75) is 0 Å². The molecule has 0 bridgehead atoms. The molecule has 0 radical (unpaired) electrons. The van der Waals surface area contributed by atoms with Crippen LogP contribution in [-0.4, -0.2) is 18.8 Å². The Morgan fingerprint density at radius 1 is 1.08 bits per heavy atom. The molecule has 0 amide bonds.